The van der Waals surface area contributed by atoms with Gasteiger partial charge in [0.25, 0.3) is 5.91 Å². The second-order valence-corrected chi connectivity index (χ2v) is 4.33. The molecule has 0 aliphatic rings. The third-order valence-corrected chi connectivity index (χ3v) is 2.64. The highest BCUT2D eigenvalue weighted by Gasteiger charge is 2.12. The fraction of sp³-hybridized carbons (Fsp3) is 0.417. The Morgan fingerprint density at radius 3 is 2.88 bits per heavy atom. The number of carbonyl (C=O) groups is 1. The van der Waals surface area contributed by atoms with Crippen molar-refractivity contribution in [3.63, 3.8) is 0 Å². The quantitative estimate of drug-likeness (QED) is 0.799. The Morgan fingerprint density at radius 1 is 1.59 bits per heavy atom. The molecule has 0 aliphatic heterocycles. The summed E-state index contributed by atoms with van der Waals surface area (Å²) in [7, 11) is 0. The molecule has 1 aromatic rings. The highest BCUT2D eigenvalue weighted by atomic mass is 35.5. The number of aromatic hydroxyl groups is 1. The van der Waals surface area contributed by atoms with E-state index < -0.39 is 11.7 Å². The van der Waals surface area contributed by atoms with Gasteiger partial charge in [0.1, 0.15) is 11.6 Å². The van der Waals surface area contributed by atoms with E-state index in [2.05, 4.69) is 5.32 Å². The van der Waals surface area contributed by atoms with Crippen molar-refractivity contribution >= 4 is 17.5 Å². The van der Waals surface area contributed by atoms with Gasteiger partial charge in [-0.05, 0) is 24.5 Å². The monoisotopic (exact) mass is 259 g/mol. The molecule has 0 heterocycles. The third-order valence-electron chi connectivity index (χ3n) is 2.42. The summed E-state index contributed by atoms with van der Waals surface area (Å²) in [6.45, 7) is 2.44. The zero-order valence-electron chi connectivity index (χ0n) is 9.54. The van der Waals surface area contributed by atoms with Crippen molar-refractivity contribution in [3.05, 3.63) is 29.6 Å². The predicted molar refractivity (Wildman–Crippen MR) is 64.9 cm³/mol. The lowest BCUT2D eigenvalue weighted by Crippen LogP contribution is -2.28. The highest BCUT2D eigenvalue weighted by molar-refractivity contribution is 6.17. The van der Waals surface area contributed by atoms with Crippen LogP contribution in [0.1, 0.15) is 23.7 Å². The molecule has 1 unspecified atom stereocenters. The first-order chi connectivity index (χ1) is 8.04. The van der Waals surface area contributed by atoms with Crippen LogP contribution in [0.5, 0.6) is 5.75 Å². The second-order valence-electron chi connectivity index (χ2n) is 3.95. The fourth-order valence-corrected chi connectivity index (χ4v) is 1.72. The molecule has 0 saturated carbocycles. The van der Waals surface area contributed by atoms with Gasteiger partial charge < -0.3 is 10.4 Å². The van der Waals surface area contributed by atoms with Gasteiger partial charge >= 0.3 is 0 Å². The van der Waals surface area contributed by atoms with Crippen LogP contribution in [0.3, 0.4) is 0 Å². The van der Waals surface area contributed by atoms with Crippen LogP contribution in [0, 0.1) is 11.7 Å². The highest BCUT2D eigenvalue weighted by Crippen LogP contribution is 2.17. The average molecular weight is 260 g/mol. The van der Waals surface area contributed by atoms with Crippen LogP contribution in [-0.4, -0.2) is 23.4 Å². The van der Waals surface area contributed by atoms with Crippen LogP contribution < -0.4 is 5.32 Å². The summed E-state index contributed by atoms with van der Waals surface area (Å²) < 4.78 is 12.7. The van der Waals surface area contributed by atoms with Crippen molar-refractivity contribution in [3.8, 4) is 5.75 Å². The normalized spacial score (nSPS) is 12.2. The Bertz CT molecular complexity index is 398. The molecule has 2 N–H and O–H groups in total. The van der Waals surface area contributed by atoms with Gasteiger partial charge in [0.15, 0.2) is 0 Å². The summed E-state index contributed by atoms with van der Waals surface area (Å²) in [4.78, 5) is 11.7. The van der Waals surface area contributed by atoms with Crippen molar-refractivity contribution < 1.29 is 14.3 Å². The Balaban J connectivity index is 2.58. The molecule has 1 amide bonds. The first-order valence-corrected chi connectivity index (χ1v) is 5.90. The molecular formula is C12H15ClFNO2. The lowest BCUT2D eigenvalue weighted by molar-refractivity contribution is 0.0945. The summed E-state index contributed by atoms with van der Waals surface area (Å²) in [6, 6.07) is 3.31. The summed E-state index contributed by atoms with van der Waals surface area (Å²) in [6.07, 6.45) is 0.803. The smallest absolute Gasteiger partial charge is 0.255 e. The number of rotatable bonds is 5. The molecule has 17 heavy (non-hydrogen) atoms. The first-order valence-electron chi connectivity index (χ1n) is 5.37. The molecule has 1 atom stereocenters. The van der Waals surface area contributed by atoms with E-state index in [9.17, 15) is 14.3 Å². The SMILES string of the molecule is CC(CCCl)CNC(=O)c1ccc(F)cc1O. The largest absolute Gasteiger partial charge is 0.507 e. The third kappa shape index (κ3) is 4.23. The molecule has 0 radical (unpaired) electrons. The zero-order chi connectivity index (χ0) is 12.8. The molecule has 0 aromatic heterocycles. The van der Waals surface area contributed by atoms with E-state index in [0.717, 1.165) is 18.6 Å². The lowest BCUT2D eigenvalue weighted by atomic mass is 10.1. The zero-order valence-corrected chi connectivity index (χ0v) is 10.3. The van der Waals surface area contributed by atoms with Crippen molar-refractivity contribution in [2.75, 3.05) is 12.4 Å². The van der Waals surface area contributed by atoms with E-state index in [4.69, 9.17) is 11.6 Å². The molecule has 1 aromatic carbocycles. The second kappa shape index (κ2) is 6.45. The molecular weight excluding hydrogens is 245 g/mol. The molecule has 0 saturated heterocycles. The predicted octanol–water partition coefficient (Wildman–Crippen LogP) is 2.53. The minimum atomic E-state index is -0.574. The summed E-state index contributed by atoms with van der Waals surface area (Å²) in [5.74, 6) is -0.538. The van der Waals surface area contributed by atoms with Crippen LogP contribution >= 0.6 is 11.6 Å². The first kappa shape index (κ1) is 13.8. The number of phenols is 1. The fourth-order valence-electron chi connectivity index (χ4n) is 1.35. The van der Waals surface area contributed by atoms with E-state index in [1.165, 1.54) is 6.07 Å². The molecule has 94 valence electrons. The molecule has 0 fully saturated rings. The van der Waals surface area contributed by atoms with Gasteiger partial charge in [0, 0.05) is 18.5 Å². The van der Waals surface area contributed by atoms with E-state index in [1.807, 2.05) is 6.92 Å². The maximum Gasteiger partial charge on any atom is 0.255 e. The number of carbonyl (C=O) groups excluding carboxylic acids is 1. The molecule has 1 rings (SSSR count). The topological polar surface area (TPSA) is 49.3 Å². The molecule has 0 aliphatic carbocycles. The maximum absolute atomic E-state index is 12.7. The van der Waals surface area contributed by atoms with Gasteiger partial charge in [-0.25, -0.2) is 4.39 Å². The minimum absolute atomic E-state index is 0.0736. The van der Waals surface area contributed by atoms with Crippen LogP contribution in [0.2, 0.25) is 0 Å². The average Bonchev–Trinajstić information content (AvgIpc) is 2.26. The summed E-state index contributed by atoms with van der Waals surface area (Å²) >= 11 is 5.58. The van der Waals surface area contributed by atoms with Crippen molar-refractivity contribution in [1.29, 1.82) is 0 Å². The Labute approximate surface area is 105 Å². The molecule has 0 spiro atoms. The van der Waals surface area contributed by atoms with Gasteiger partial charge in [-0.1, -0.05) is 6.92 Å². The van der Waals surface area contributed by atoms with Crippen molar-refractivity contribution in [2.45, 2.75) is 13.3 Å². The van der Waals surface area contributed by atoms with Crippen LogP contribution in [0.15, 0.2) is 18.2 Å². The van der Waals surface area contributed by atoms with Crippen molar-refractivity contribution in [2.24, 2.45) is 5.92 Å². The molecule has 5 heteroatoms. The number of nitrogens with one attached hydrogen (secondary N) is 1. The van der Waals surface area contributed by atoms with Crippen molar-refractivity contribution in [1.82, 2.24) is 5.32 Å². The number of amides is 1. The number of benzene rings is 1. The van der Waals surface area contributed by atoms with Crippen LogP contribution in [-0.2, 0) is 0 Å². The van der Waals surface area contributed by atoms with Gasteiger partial charge in [-0.3, -0.25) is 4.79 Å². The van der Waals surface area contributed by atoms with Crippen LogP contribution in [0.4, 0.5) is 4.39 Å². The molecule has 0 bridgehead atoms. The van der Waals surface area contributed by atoms with Gasteiger partial charge in [0.2, 0.25) is 0 Å². The number of hydrogen-bond acceptors (Lipinski definition) is 2. The number of hydrogen-bond donors (Lipinski definition) is 2. The minimum Gasteiger partial charge on any atom is -0.507 e. The Hall–Kier alpha value is -1.29. The lowest BCUT2D eigenvalue weighted by Gasteiger charge is -2.11. The summed E-state index contributed by atoms with van der Waals surface area (Å²) in [5, 5.41) is 12.1. The number of phenolic OH excluding ortho intramolecular Hbond substituents is 1. The van der Waals surface area contributed by atoms with E-state index in [0.29, 0.717) is 12.4 Å². The number of halogens is 2. The number of alkyl halides is 1. The van der Waals surface area contributed by atoms with Gasteiger partial charge in [0.05, 0.1) is 5.56 Å². The van der Waals surface area contributed by atoms with Gasteiger partial charge in [-0.2, -0.15) is 0 Å². The Morgan fingerprint density at radius 2 is 2.29 bits per heavy atom. The molecule has 3 nitrogen and oxygen atoms in total. The summed E-state index contributed by atoms with van der Waals surface area (Å²) in [5.41, 5.74) is 0.0736. The van der Waals surface area contributed by atoms with E-state index in [1.54, 1.807) is 0 Å². The van der Waals surface area contributed by atoms with Crippen LogP contribution in [0.25, 0.3) is 0 Å². The van der Waals surface area contributed by atoms with E-state index in [-0.39, 0.29) is 17.2 Å². The van der Waals surface area contributed by atoms with E-state index >= 15 is 0 Å². The van der Waals surface area contributed by atoms with Gasteiger partial charge in [-0.15, -0.1) is 11.6 Å². The maximum atomic E-state index is 12.7. The standard InChI is InChI=1S/C12H15ClFNO2/c1-8(4-5-13)7-15-12(17)10-3-2-9(14)6-11(10)16/h2-3,6,8,16H,4-5,7H2,1H3,(H,15,17). The Kier molecular flexibility index (Phi) is 5.22.